The summed E-state index contributed by atoms with van der Waals surface area (Å²) in [5.41, 5.74) is 1.34. The summed E-state index contributed by atoms with van der Waals surface area (Å²) in [6, 6.07) is 12.9. The number of carbonyl (C=O) groups excluding carboxylic acids is 3. The number of esters is 1. The first kappa shape index (κ1) is 25.3. The van der Waals surface area contributed by atoms with Crippen LogP contribution in [0, 0.1) is 6.92 Å². The van der Waals surface area contributed by atoms with E-state index in [1.54, 1.807) is 36.4 Å². The molecule has 11 heteroatoms. The molecular weight excluding hydrogens is 458 g/mol. The van der Waals surface area contributed by atoms with E-state index in [0.29, 0.717) is 10.7 Å². The molecule has 0 saturated heterocycles. The van der Waals surface area contributed by atoms with Crippen LogP contribution < -0.4 is 10.0 Å². The third-order valence-corrected chi connectivity index (χ3v) is 6.07. The van der Waals surface area contributed by atoms with Crippen LogP contribution in [0.2, 0.25) is 5.02 Å². The number of likely N-dealkylation sites (N-methyl/N-ethyl adjacent to an activating group) is 1. The number of carbonyl (C=O) groups is 3. The van der Waals surface area contributed by atoms with Gasteiger partial charge in [0.1, 0.15) is 0 Å². The SMILES string of the molecule is Cc1ccc(S(=O)(=O)NCCC(=O)OCC(=O)N(C)CC(=O)Nc2ccccc2Cl)cc1. The zero-order valence-electron chi connectivity index (χ0n) is 17.6. The van der Waals surface area contributed by atoms with Gasteiger partial charge in [-0.3, -0.25) is 14.4 Å². The van der Waals surface area contributed by atoms with Crippen LogP contribution in [-0.2, 0) is 29.1 Å². The highest BCUT2D eigenvalue weighted by atomic mass is 35.5. The molecule has 0 atom stereocenters. The molecule has 9 nitrogen and oxygen atoms in total. The highest BCUT2D eigenvalue weighted by Gasteiger charge is 2.17. The Bertz CT molecular complexity index is 1070. The summed E-state index contributed by atoms with van der Waals surface area (Å²) < 4.78 is 31.5. The summed E-state index contributed by atoms with van der Waals surface area (Å²) in [7, 11) is -2.36. The summed E-state index contributed by atoms with van der Waals surface area (Å²) in [5, 5.41) is 2.94. The number of anilines is 1. The van der Waals surface area contributed by atoms with Crippen LogP contribution in [0.4, 0.5) is 5.69 Å². The van der Waals surface area contributed by atoms with E-state index >= 15 is 0 Å². The number of hydrogen-bond donors (Lipinski definition) is 2. The highest BCUT2D eigenvalue weighted by molar-refractivity contribution is 7.89. The molecule has 0 aromatic heterocycles. The number of nitrogens with zero attached hydrogens (tertiary/aromatic N) is 1. The average Bonchev–Trinajstić information content (AvgIpc) is 2.73. The number of hydrogen-bond acceptors (Lipinski definition) is 6. The molecule has 2 N–H and O–H groups in total. The molecule has 2 rings (SSSR count). The average molecular weight is 482 g/mol. The Balaban J connectivity index is 1.71. The summed E-state index contributed by atoms with van der Waals surface area (Å²) in [4.78, 5) is 37.1. The van der Waals surface area contributed by atoms with Crippen molar-refractivity contribution >= 4 is 45.1 Å². The van der Waals surface area contributed by atoms with Crippen molar-refractivity contribution < 1.29 is 27.5 Å². The Hall–Kier alpha value is -2.95. The van der Waals surface area contributed by atoms with Gasteiger partial charge in [0.2, 0.25) is 15.9 Å². The van der Waals surface area contributed by atoms with Crippen molar-refractivity contribution in [3.63, 3.8) is 0 Å². The smallest absolute Gasteiger partial charge is 0.307 e. The molecule has 0 aliphatic carbocycles. The molecule has 2 aromatic rings. The largest absolute Gasteiger partial charge is 0.456 e. The van der Waals surface area contributed by atoms with Gasteiger partial charge in [-0.15, -0.1) is 0 Å². The fourth-order valence-electron chi connectivity index (χ4n) is 2.47. The van der Waals surface area contributed by atoms with Crippen molar-refractivity contribution in [3.05, 3.63) is 59.1 Å². The Morgan fingerprint density at radius 3 is 2.38 bits per heavy atom. The topological polar surface area (TPSA) is 122 Å². The lowest BCUT2D eigenvalue weighted by atomic mass is 10.2. The normalized spacial score (nSPS) is 11.0. The van der Waals surface area contributed by atoms with Gasteiger partial charge in [0.05, 0.1) is 28.6 Å². The number of amides is 2. The van der Waals surface area contributed by atoms with Gasteiger partial charge in [-0.25, -0.2) is 13.1 Å². The van der Waals surface area contributed by atoms with E-state index < -0.39 is 34.4 Å². The van der Waals surface area contributed by atoms with Crippen LogP contribution in [0.5, 0.6) is 0 Å². The van der Waals surface area contributed by atoms with E-state index in [-0.39, 0.29) is 24.4 Å². The lowest BCUT2D eigenvalue weighted by molar-refractivity contribution is -0.151. The second kappa shape index (κ2) is 11.6. The number of rotatable bonds is 10. The van der Waals surface area contributed by atoms with Crippen molar-refractivity contribution in [1.29, 1.82) is 0 Å². The van der Waals surface area contributed by atoms with E-state index in [4.69, 9.17) is 16.3 Å². The molecule has 172 valence electrons. The first-order valence-electron chi connectivity index (χ1n) is 9.59. The Morgan fingerprint density at radius 1 is 1.06 bits per heavy atom. The maximum atomic E-state index is 12.2. The fraction of sp³-hybridized carbons (Fsp3) is 0.286. The summed E-state index contributed by atoms with van der Waals surface area (Å²) in [5.74, 6) is -1.81. The van der Waals surface area contributed by atoms with Gasteiger partial charge >= 0.3 is 5.97 Å². The van der Waals surface area contributed by atoms with E-state index in [1.165, 1.54) is 19.2 Å². The quantitative estimate of drug-likeness (QED) is 0.500. The standard InChI is InChI=1S/C21H24ClN3O6S/c1-15-7-9-16(10-8-15)32(29,30)23-12-11-21(28)31-14-20(27)25(2)13-19(26)24-18-6-4-3-5-17(18)22/h3-10,23H,11-14H2,1-2H3,(H,24,26). The number of para-hydroxylation sites is 1. The Kier molecular flexibility index (Phi) is 9.18. The molecule has 0 unspecified atom stereocenters. The zero-order valence-corrected chi connectivity index (χ0v) is 19.2. The summed E-state index contributed by atoms with van der Waals surface area (Å²) >= 11 is 5.97. The molecule has 0 spiro atoms. The van der Waals surface area contributed by atoms with Gasteiger partial charge in [0, 0.05) is 13.6 Å². The van der Waals surface area contributed by atoms with Gasteiger partial charge in [0.25, 0.3) is 5.91 Å². The van der Waals surface area contributed by atoms with Crippen LogP contribution in [0.15, 0.2) is 53.4 Å². The van der Waals surface area contributed by atoms with Crippen LogP contribution in [0.3, 0.4) is 0 Å². The van der Waals surface area contributed by atoms with Crippen molar-refractivity contribution in [2.45, 2.75) is 18.2 Å². The van der Waals surface area contributed by atoms with E-state index in [2.05, 4.69) is 10.0 Å². The molecule has 32 heavy (non-hydrogen) atoms. The van der Waals surface area contributed by atoms with Crippen molar-refractivity contribution in [3.8, 4) is 0 Å². The number of nitrogens with one attached hydrogen (secondary N) is 2. The van der Waals surface area contributed by atoms with Gasteiger partial charge < -0.3 is 15.0 Å². The number of halogens is 1. The second-order valence-electron chi connectivity index (χ2n) is 6.90. The molecule has 0 fully saturated rings. The van der Waals surface area contributed by atoms with E-state index in [0.717, 1.165) is 10.5 Å². The van der Waals surface area contributed by atoms with Gasteiger partial charge in [0.15, 0.2) is 6.61 Å². The highest BCUT2D eigenvalue weighted by Crippen LogP contribution is 2.20. The number of ether oxygens (including phenoxy) is 1. The second-order valence-corrected chi connectivity index (χ2v) is 9.07. The van der Waals surface area contributed by atoms with E-state index in [9.17, 15) is 22.8 Å². The minimum absolute atomic E-state index is 0.0864. The molecule has 2 amide bonds. The molecule has 0 radical (unpaired) electrons. The lowest BCUT2D eigenvalue weighted by Gasteiger charge is -2.17. The third kappa shape index (κ3) is 7.95. The summed E-state index contributed by atoms with van der Waals surface area (Å²) in [6.07, 6.45) is -0.255. The molecule has 0 aliphatic heterocycles. The molecule has 2 aromatic carbocycles. The molecule has 0 aliphatic rings. The van der Waals surface area contributed by atoms with E-state index in [1.807, 2.05) is 6.92 Å². The Labute approximate surface area is 191 Å². The predicted octanol–water partition coefficient (Wildman–Crippen LogP) is 1.96. The Morgan fingerprint density at radius 2 is 1.72 bits per heavy atom. The predicted molar refractivity (Wildman–Crippen MR) is 120 cm³/mol. The summed E-state index contributed by atoms with van der Waals surface area (Å²) in [6.45, 7) is 0.820. The monoisotopic (exact) mass is 481 g/mol. The number of benzene rings is 2. The minimum atomic E-state index is -3.75. The molecule has 0 heterocycles. The van der Waals surface area contributed by atoms with Crippen LogP contribution in [0.1, 0.15) is 12.0 Å². The maximum Gasteiger partial charge on any atom is 0.307 e. The molecule has 0 saturated carbocycles. The first-order chi connectivity index (χ1) is 15.1. The fourth-order valence-corrected chi connectivity index (χ4v) is 3.68. The maximum absolute atomic E-state index is 12.2. The van der Waals surface area contributed by atoms with Crippen LogP contribution >= 0.6 is 11.6 Å². The first-order valence-corrected chi connectivity index (χ1v) is 11.4. The number of aryl methyl sites for hydroxylation is 1. The zero-order chi connectivity index (χ0) is 23.7. The van der Waals surface area contributed by atoms with Crippen LogP contribution in [-0.4, -0.2) is 57.8 Å². The van der Waals surface area contributed by atoms with Crippen molar-refractivity contribution in [2.24, 2.45) is 0 Å². The van der Waals surface area contributed by atoms with Crippen LogP contribution in [0.25, 0.3) is 0 Å². The van der Waals surface area contributed by atoms with Crippen molar-refractivity contribution in [1.82, 2.24) is 9.62 Å². The van der Waals surface area contributed by atoms with Gasteiger partial charge in [-0.1, -0.05) is 41.4 Å². The molecular formula is C21H24ClN3O6S. The molecule has 0 bridgehead atoms. The minimum Gasteiger partial charge on any atom is -0.456 e. The third-order valence-electron chi connectivity index (χ3n) is 4.26. The van der Waals surface area contributed by atoms with Gasteiger partial charge in [-0.05, 0) is 31.2 Å². The van der Waals surface area contributed by atoms with Gasteiger partial charge in [-0.2, -0.15) is 0 Å². The lowest BCUT2D eigenvalue weighted by Crippen LogP contribution is -2.37. The number of sulfonamides is 1. The van der Waals surface area contributed by atoms with Crippen molar-refractivity contribution in [2.75, 3.05) is 32.1 Å².